The first kappa shape index (κ1) is 6.08. The number of rotatable bonds is 0. The van der Waals surface area contributed by atoms with Crippen molar-refractivity contribution >= 4 is 5.78 Å². The number of ketones is 1. The maximum atomic E-state index is 10.6. The molecule has 0 aromatic rings. The Bertz CT molecular complexity index is 181. The summed E-state index contributed by atoms with van der Waals surface area (Å²) in [6, 6.07) is 0. The summed E-state index contributed by atoms with van der Waals surface area (Å²) in [6.45, 7) is 3.70. The van der Waals surface area contributed by atoms with Gasteiger partial charge in [-0.1, -0.05) is 6.58 Å². The highest BCUT2D eigenvalue weighted by molar-refractivity contribution is 5.92. The summed E-state index contributed by atoms with van der Waals surface area (Å²) in [5.74, 6) is 0.137. The van der Waals surface area contributed by atoms with Gasteiger partial charge in [-0.15, -0.1) is 0 Å². The quantitative estimate of drug-likeness (QED) is 0.477. The van der Waals surface area contributed by atoms with E-state index in [1.807, 2.05) is 11.9 Å². The minimum Gasteiger partial charge on any atom is -0.354 e. The zero-order chi connectivity index (χ0) is 6.85. The number of carbonyl (C=O) groups is 1. The highest BCUT2D eigenvalue weighted by Gasteiger charge is 2.08. The highest BCUT2D eigenvalue weighted by atomic mass is 16.1. The molecule has 2 nitrogen and oxygen atoms in total. The molecule has 0 fully saturated rings. The smallest absolute Gasteiger partial charge is 0.162 e. The Morgan fingerprint density at radius 1 is 1.78 bits per heavy atom. The van der Waals surface area contributed by atoms with Gasteiger partial charge in [-0.2, -0.15) is 0 Å². The van der Waals surface area contributed by atoms with Crippen LogP contribution < -0.4 is 0 Å². The Hall–Kier alpha value is -1.05. The molecule has 1 aliphatic heterocycles. The lowest BCUT2D eigenvalue weighted by molar-refractivity contribution is -0.114. The third kappa shape index (κ3) is 1.19. The van der Waals surface area contributed by atoms with Gasteiger partial charge in [0.2, 0.25) is 0 Å². The molecular formula is C7H9NO. The number of allylic oxidation sites excluding steroid dienone is 2. The number of nitrogens with zero attached hydrogens (tertiary/aromatic N) is 1. The summed E-state index contributed by atoms with van der Waals surface area (Å²) in [5.41, 5.74) is 0.863. The van der Waals surface area contributed by atoms with Crippen LogP contribution in [0.4, 0.5) is 0 Å². The first-order valence-electron chi connectivity index (χ1n) is 2.82. The molecule has 0 N–H and O–H groups in total. The maximum Gasteiger partial charge on any atom is 0.162 e. The van der Waals surface area contributed by atoms with E-state index in [4.69, 9.17) is 0 Å². The van der Waals surface area contributed by atoms with Crippen molar-refractivity contribution in [2.24, 2.45) is 0 Å². The Balaban J connectivity index is 2.76. The summed E-state index contributed by atoms with van der Waals surface area (Å²) in [6.07, 6.45) is 3.76. The molecular weight excluding hydrogens is 114 g/mol. The zero-order valence-electron chi connectivity index (χ0n) is 5.42. The van der Waals surface area contributed by atoms with Crippen molar-refractivity contribution in [3.8, 4) is 0 Å². The van der Waals surface area contributed by atoms with E-state index in [1.165, 1.54) is 0 Å². The van der Waals surface area contributed by atoms with Crippen LogP contribution in [0.1, 0.15) is 6.42 Å². The Morgan fingerprint density at radius 2 is 2.44 bits per heavy atom. The predicted molar refractivity (Wildman–Crippen MR) is 35.7 cm³/mol. The standard InChI is InChI=1S/C7H9NO/c1-6-5-7(9)3-4-8(6)2/h3-4H,1,5H2,2H3. The number of hydrogen-bond acceptors (Lipinski definition) is 2. The normalized spacial score (nSPS) is 19.0. The molecule has 9 heavy (non-hydrogen) atoms. The van der Waals surface area contributed by atoms with Gasteiger partial charge in [-0.25, -0.2) is 0 Å². The minimum atomic E-state index is 0.137. The fraction of sp³-hybridized carbons (Fsp3) is 0.286. The fourth-order valence-corrected chi connectivity index (χ4v) is 0.685. The molecule has 1 aliphatic rings. The number of hydrogen-bond donors (Lipinski definition) is 0. The van der Waals surface area contributed by atoms with E-state index in [0.29, 0.717) is 6.42 Å². The SMILES string of the molecule is C=C1CC(=O)C=CN1C. The average Bonchev–Trinajstić information content (AvgIpc) is 1.80. The van der Waals surface area contributed by atoms with Crippen molar-refractivity contribution in [3.63, 3.8) is 0 Å². The molecule has 0 aromatic heterocycles. The summed E-state index contributed by atoms with van der Waals surface area (Å²) in [7, 11) is 1.88. The summed E-state index contributed by atoms with van der Waals surface area (Å²) < 4.78 is 0. The molecule has 0 spiro atoms. The van der Waals surface area contributed by atoms with Crippen molar-refractivity contribution in [2.75, 3.05) is 7.05 Å². The molecule has 0 aromatic carbocycles. The van der Waals surface area contributed by atoms with E-state index >= 15 is 0 Å². The summed E-state index contributed by atoms with van der Waals surface area (Å²) >= 11 is 0. The molecule has 0 bridgehead atoms. The molecule has 0 unspecified atom stereocenters. The Morgan fingerprint density at radius 3 is 2.89 bits per heavy atom. The molecule has 0 radical (unpaired) electrons. The van der Waals surface area contributed by atoms with E-state index < -0.39 is 0 Å². The van der Waals surface area contributed by atoms with Gasteiger partial charge >= 0.3 is 0 Å². The fourth-order valence-electron chi connectivity index (χ4n) is 0.685. The first-order chi connectivity index (χ1) is 4.20. The van der Waals surface area contributed by atoms with Gasteiger partial charge in [0.05, 0.1) is 6.42 Å². The molecule has 1 rings (SSSR count). The molecule has 0 saturated heterocycles. The van der Waals surface area contributed by atoms with Crippen LogP contribution in [0.25, 0.3) is 0 Å². The van der Waals surface area contributed by atoms with Crippen molar-refractivity contribution < 1.29 is 4.79 Å². The van der Waals surface area contributed by atoms with Crippen LogP contribution in [-0.4, -0.2) is 17.7 Å². The van der Waals surface area contributed by atoms with E-state index in [2.05, 4.69) is 6.58 Å². The van der Waals surface area contributed by atoms with Crippen molar-refractivity contribution in [1.29, 1.82) is 0 Å². The van der Waals surface area contributed by atoms with Crippen LogP contribution >= 0.6 is 0 Å². The van der Waals surface area contributed by atoms with Gasteiger partial charge in [0, 0.05) is 18.9 Å². The third-order valence-electron chi connectivity index (χ3n) is 1.36. The van der Waals surface area contributed by atoms with Crippen molar-refractivity contribution in [2.45, 2.75) is 6.42 Å². The molecule has 0 amide bonds. The molecule has 48 valence electrons. The Kier molecular flexibility index (Phi) is 1.39. The zero-order valence-corrected chi connectivity index (χ0v) is 5.42. The second kappa shape index (κ2) is 2.05. The van der Waals surface area contributed by atoms with E-state index in [1.54, 1.807) is 12.3 Å². The van der Waals surface area contributed by atoms with E-state index in [0.717, 1.165) is 5.70 Å². The van der Waals surface area contributed by atoms with Gasteiger partial charge in [0.15, 0.2) is 5.78 Å². The molecule has 2 heteroatoms. The summed E-state index contributed by atoms with van der Waals surface area (Å²) in [4.78, 5) is 12.5. The molecule has 0 aliphatic carbocycles. The van der Waals surface area contributed by atoms with Crippen LogP contribution in [0, 0.1) is 0 Å². The van der Waals surface area contributed by atoms with Gasteiger partial charge in [-0.3, -0.25) is 4.79 Å². The van der Waals surface area contributed by atoms with Gasteiger partial charge < -0.3 is 4.90 Å². The lowest BCUT2D eigenvalue weighted by Gasteiger charge is -2.19. The average molecular weight is 123 g/mol. The second-order valence-electron chi connectivity index (χ2n) is 2.14. The van der Waals surface area contributed by atoms with Crippen LogP contribution in [0.15, 0.2) is 24.6 Å². The highest BCUT2D eigenvalue weighted by Crippen LogP contribution is 2.10. The van der Waals surface area contributed by atoms with Crippen LogP contribution in [0.2, 0.25) is 0 Å². The first-order valence-corrected chi connectivity index (χ1v) is 2.82. The minimum absolute atomic E-state index is 0.137. The lowest BCUT2D eigenvalue weighted by atomic mass is 10.2. The third-order valence-corrected chi connectivity index (χ3v) is 1.36. The van der Waals surface area contributed by atoms with E-state index in [9.17, 15) is 4.79 Å². The topological polar surface area (TPSA) is 20.3 Å². The lowest BCUT2D eigenvalue weighted by Crippen LogP contribution is -2.16. The van der Waals surface area contributed by atoms with Crippen LogP contribution in [0.3, 0.4) is 0 Å². The van der Waals surface area contributed by atoms with Crippen LogP contribution in [0.5, 0.6) is 0 Å². The van der Waals surface area contributed by atoms with Gasteiger partial charge in [0.1, 0.15) is 0 Å². The molecule has 0 atom stereocenters. The predicted octanol–water partition coefficient (Wildman–Crippen LogP) is 0.918. The van der Waals surface area contributed by atoms with Gasteiger partial charge in [-0.05, 0) is 6.08 Å². The van der Waals surface area contributed by atoms with Crippen molar-refractivity contribution in [1.82, 2.24) is 4.90 Å². The second-order valence-corrected chi connectivity index (χ2v) is 2.14. The molecule has 0 saturated carbocycles. The largest absolute Gasteiger partial charge is 0.354 e. The molecule has 1 heterocycles. The summed E-state index contributed by atoms with van der Waals surface area (Å²) in [5, 5.41) is 0. The Labute approximate surface area is 54.5 Å². The van der Waals surface area contributed by atoms with E-state index in [-0.39, 0.29) is 5.78 Å². The van der Waals surface area contributed by atoms with Crippen molar-refractivity contribution in [3.05, 3.63) is 24.6 Å². The van der Waals surface area contributed by atoms with Crippen LogP contribution in [-0.2, 0) is 4.79 Å². The van der Waals surface area contributed by atoms with Gasteiger partial charge in [0.25, 0.3) is 0 Å². The maximum absolute atomic E-state index is 10.6. The monoisotopic (exact) mass is 123 g/mol. The number of carbonyl (C=O) groups excluding carboxylic acids is 1.